The molecule has 1 aromatic rings. The number of hydrogen-bond donors (Lipinski definition) is 2. The Morgan fingerprint density at radius 1 is 1.52 bits per heavy atom. The molecule has 1 unspecified atom stereocenters. The molecule has 1 atom stereocenters. The molecule has 0 saturated heterocycles. The highest BCUT2D eigenvalue weighted by molar-refractivity contribution is 7.78. The number of ether oxygens (including phenoxy) is 1. The first-order valence-electron chi connectivity index (χ1n) is 7.20. The van der Waals surface area contributed by atoms with Gasteiger partial charge in [-0.25, -0.2) is 4.21 Å². The highest BCUT2D eigenvalue weighted by atomic mass is 32.2. The van der Waals surface area contributed by atoms with E-state index in [1.165, 1.54) is 18.4 Å². The summed E-state index contributed by atoms with van der Waals surface area (Å²) in [5.41, 5.74) is 3.31. The van der Waals surface area contributed by atoms with Gasteiger partial charge in [-0.05, 0) is 55.0 Å². The van der Waals surface area contributed by atoms with Crippen LogP contribution >= 0.6 is 0 Å². The van der Waals surface area contributed by atoms with Crippen LogP contribution in [0.1, 0.15) is 30.4 Å². The predicted molar refractivity (Wildman–Crippen MR) is 85.7 cm³/mol. The summed E-state index contributed by atoms with van der Waals surface area (Å²) in [6.45, 7) is 0. The Hall–Kier alpha value is -1.33. The normalized spacial score (nSPS) is 16.6. The van der Waals surface area contributed by atoms with E-state index in [2.05, 4.69) is 11.5 Å². The quantitative estimate of drug-likeness (QED) is 0.725. The van der Waals surface area contributed by atoms with Crippen molar-refractivity contribution < 1.29 is 13.5 Å². The third kappa shape index (κ3) is 5.17. The molecule has 0 spiro atoms. The maximum atomic E-state index is 11.1. The number of nitrogens with one attached hydrogen (secondary N) is 1. The molecule has 116 valence electrons. The van der Waals surface area contributed by atoms with Crippen molar-refractivity contribution in [3.63, 3.8) is 0 Å². The Morgan fingerprint density at radius 3 is 2.86 bits per heavy atom. The van der Waals surface area contributed by atoms with Crippen LogP contribution in [0.5, 0.6) is 5.75 Å². The van der Waals surface area contributed by atoms with Crippen LogP contribution in [0.25, 0.3) is 0 Å². The number of allylic oxidation sites excluding steroid dienone is 1. The largest absolute Gasteiger partial charge is 0.496 e. The lowest BCUT2D eigenvalue weighted by Crippen LogP contribution is -2.02. The van der Waals surface area contributed by atoms with Gasteiger partial charge in [0, 0.05) is 12.6 Å². The van der Waals surface area contributed by atoms with E-state index < -0.39 is 11.1 Å². The molecule has 0 radical (unpaired) electrons. The van der Waals surface area contributed by atoms with Gasteiger partial charge in [0.15, 0.2) is 11.1 Å². The van der Waals surface area contributed by atoms with Crippen molar-refractivity contribution in [3.8, 4) is 5.75 Å². The van der Waals surface area contributed by atoms with Crippen LogP contribution in [0.3, 0.4) is 0 Å². The fourth-order valence-electron chi connectivity index (χ4n) is 2.53. The monoisotopic (exact) mass is 309 g/mol. The van der Waals surface area contributed by atoms with Crippen LogP contribution in [-0.4, -0.2) is 22.9 Å². The SMILES string of the molecule is CNC=C(Cc1ccc(OC)c(CS(=O)O)c1)CC1CC1. The molecule has 21 heavy (non-hydrogen) atoms. The fourth-order valence-corrected chi connectivity index (χ4v) is 3.02. The van der Waals surface area contributed by atoms with Crippen molar-refractivity contribution in [2.75, 3.05) is 14.2 Å². The molecule has 1 aliphatic rings. The van der Waals surface area contributed by atoms with Crippen molar-refractivity contribution in [1.29, 1.82) is 0 Å². The Bertz CT molecular complexity index is 538. The zero-order chi connectivity index (χ0) is 15.2. The minimum Gasteiger partial charge on any atom is -0.496 e. The summed E-state index contributed by atoms with van der Waals surface area (Å²) in [4.78, 5) is 0. The molecule has 0 aromatic heterocycles. The molecular weight excluding hydrogens is 286 g/mol. The summed E-state index contributed by atoms with van der Waals surface area (Å²) in [6, 6.07) is 5.88. The Morgan fingerprint density at radius 2 is 2.29 bits per heavy atom. The second-order valence-corrected chi connectivity index (χ2v) is 6.46. The number of rotatable bonds is 8. The lowest BCUT2D eigenvalue weighted by Gasteiger charge is -2.11. The summed E-state index contributed by atoms with van der Waals surface area (Å²) >= 11 is -1.86. The Balaban J connectivity index is 2.14. The highest BCUT2D eigenvalue weighted by Crippen LogP contribution is 2.36. The van der Waals surface area contributed by atoms with E-state index in [9.17, 15) is 4.21 Å². The van der Waals surface area contributed by atoms with Crippen LogP contribution in [0, 0.1) is 5.92 Å². The molecule has 1 aliphatic carbocycles. The molecule has 1 aromatic carbocycles. The van der Waals surface area contributed by atoms with Gasteiger partial charge in [-0.3, -0.25) is 0 Å². The smallest absolute Gasteiger partial charge is 0.157 e. The van der Waals surface area contributed by atoms with Crippen LogP contribution in [0.15, 0.2) is 30.0 Å². The average Bonchev–Trinajstić information content (AvgIpc) is 3.22. The molecule has 5 heteroatoms. The zero-order valence-electron chi connectivity index (χ0n) is 12.6. The van der Waals surface area contributed by atoms with Gasteiger partial charge in [-0.2, -0.15) is 0 Å². The van der Waals surface area contributed by atoms with Gasteiger partial charge in [0.1, 0.15) is 5.75 Å². The summed E-state index contributed by atoms with van der Waals surface area (Å²) in [5, 5.41) is 3.12. The lowest BCUT2D eigenvalue weighted by molar-refractivity contribution is 0.410. The fraction of sp³-hybridized carbons (Fsp3) is 0.500. The highest BCUT2D eigenvalue weighted by Gasteiger charge is 2.22. The van der Waals surface area contributed by atoms with E-state index in [0.29, 0.717) is 5.75 Å². The van der Waals surface area contributed by atoms with Crippen molar-refractivity contribution in [1.82, 2.24) is 5.32 Å². The van der Waals surface area contributed by atoms with Gasteiger partial charge >= 0.3 is 0 Å². The second-order valence-electron chi connectivity index (χ2n) is 5.53. The van der Waals surface area contributed by atoms with E-state index in [-0.39, 0.29) is 5.75 Å². The number of methoxy groups -OCH3 is 1. The molecule has 0 aliphatic heterocycles. The van der Waals surface area contributed by atoms with Crippen molar-refractivity contribution in [2.45, 2.75) is 31.4 Å². The second kappa shape index (κ2) is 7.61. The predicted octanol–water partition coefficient (Wildman–Crippen LogP) is 2.86. The van der Waals surface area contributed by atoms with Crippen LogP contribution in [-0.2, 0) is 23.3 Å². The van der Waals surface area contributed by atoms with Gasteiger partial charge in [-0.15, -0.1) is 0 Å². The van der Waals surface area contributed by atoms with Gasteiger partial charge in [0.05, 0.1) is 12.9 Å². The maximum absolute atomic E-state index is 11.1. The number of hydrogen-bond acceptors (Lipinski definition) is 3. The minimum atomic E-state index is -1.86. The van der Waals surface area contributed by atoms with Gasteiger partial charge in [0.2, 0.25) is 0 Å². The topological polar surface area (TPSA) is 58.6 Å². The zero-order valence-corrected chi connectivity index (χ0v) is 13.4. The molecule has 0 amide bonds. The molecule has 1 saturated carbocycles. The first-order chi connectivity index (χ1) is 10.1. The summed E-state index contributed by atoms with van der Waals surface area (Å²) < 4.78 is 25.4. The van der Waals surface area contributed by atoms with Crippen LogP contribution < -0.4 is 10.1 Å². The Labute approximate surface area is 128 Å². The van der Waals surface area contributed by atoms with Crippen LogP contribution in [0.4, 0.5) is 0 Å². The van der Waals surface area contributed by atoms with E-state index in [0.717, 1.165) is 29.9 Å². The lowest BCUT2D eigenvalue weighted by atomic mass is 9.99. The first kappa shape index (κ1) is 16.0. The van der Waals surface area contributed by atoms with Gasteiger partial charge < -0.3 is 14.6 Å². The van der Waals surface area contributed by atoms with E-state index in [1.54, 1.807) is 7.11 Å². The molecular formula is C16H23NO3S. The summed E-state index contributed by atoms with van der Waals surface area (Å²) in [6.07, 6.45) is 6.74. The molecule has 1 fully saturated rings. The maximum Gasteiger partial charge on any atom is 0.157 e. The van der Waals surface area contributed by atoms with E-state index in [4.69, 9.17) is 9.29 Å². The third-order valence-electron chi connectivity index (χ3n) is 3.65. The van der Waals surface area contributed by atoms with Gasteiger partial charge in [-0.1, -0.05) is 12.1 Å². The van der Waals surface area contributed by atoms with Crippen molar-refractivity contribution in [3.05, 3.63) is 41.1 Å². The summed E-state index contributed by atoms with van der Waals surface area (Å²) in [5.74, 6) is 1.61. The van der Waals surface area contributed by atoms with Crippen molar-refractivity contribution >= 4 is 11.1 Å². The summed E-state index contributed by atoms with van der Waals surface area (Å²) in [7, 11) is 3.50. The molecule has 2 N–H and O–H groups in total. The first-order valence-corrected chi connectivity index (χ1v) is 8.48. The minimum absolute atomic E-state index is 0.102. The molecule has 2 rings (SSSR count). The van der Waals surface area contributed by atoms with E-state index in [1.807, 2.05) is 25.2 Å². The Kier molecular flexibility index (Phi) is 5.82. The van der Waals surface area contributed by atoms with Gasteiger partial charge in [0.25, 0.3) is 0 Å². The van der Waals surface area contributed by atoms with E-state index >= 15 is 0 Å². The molecule has 4 nitrogen and oxygen atoms in total. The number of benzene rings is 1. The van der Waals surface area contributed by atoms with Crippen molar-refractivity contribution in [2.24, 2.45) is 5.92 Å². The molecule has 0 bridgehead atoms. The molecule has 0 heterocycles. The standard InChI is InChI=1S/C16H23NO3S/c1-17-10-14(7-12-3-4-12)8-13-5-6-16(20-2)15(9-13)11-21(18)19/h5-6,9-10,12,17H,3-4,7-8,11H2,1-2H3,(H,18,19). The van der Waals surface area contributed by atoms with Crippen LogP contribution in [0.2, 0.25) is 0 Å². The third-order valence-corrected chi connectivity index (χ3v) is 4.21. The average molecular weight is 309 g/mol.